The molecule has 0 radical (unpaired) electrons. The maximum atomic E-state index is 11.7. The van der Waals surface area contributed by atoms with Crippen LogP contribution in [-0.2, 0) is 9.84 Å². The van der Waals surface area contributed by atoms with Crippen LogP contribution < -0.4 is 5.32 Å². The number of hydrogen-bond acceptors (Lipinski definition) is 4. The van der Waals surface area contributed by atoms with E-state index >= 15 is 0 Å². The van der Waals surface area contributed by atoms with Gasteiger partial charge >= 0.3 is 0 Å². The molecule has 19 heavy (non-hydrogen) atoms. The lowest BCUT2D eigenvalue weighted by Gasteiger charge is -2.26. The van der Waals surface area contributed by atoms with E-state index in [4.69, 9.17) is 0 Å². The van der Waals surface area contributed by atoms with E-state index in [1.165, 1.54) is 6.26 Å². The molecule has 5 heteroatoms. The second-order valence-corrected chi connectivity index (χ2v) is 7.31. The molecule has 1 aromatic rings. The number of para-hydroxylation sites is 1. The molecule has 0 saturated heterocycles. The second kappa shape index (κ2) is 5.92. The van der Waals surface area contributed by atoms with E-state index in [0.717, 1.165) is 32.2 Å². The van der Waals surface area contributed by atoms with Crippen LogP contribution in [0.4, 0.5) is 5.69 Å². The highest BCUT2D eigenvalue weighted by Gasteiger charge is 2.20. The molecule has 2 N–H and O–H groups in total. The third-order valence-corrected chi connectivity index (χ3v) is 4.84. The molecule has 0 aliphatic heterocycles. The van der Waals surface area contributed by atoms with Crippen LogP contribution in [0.15, 0.2) is 29.2 Å². The molecule has 1 fully saturated rings. The average molecular weight is 283 g/mol. The van der Waals surface area contributed by atoms with E-state index in [1.807, 2.05) is 6.07 Å². The fourth-order valence-electron chi connectivity index (χ4n) is 2.54. The highest BCUT2D eigenvalue weighted by molar-refractivity contribution is 7.90. The zero-order valence-electron chi connectivity index (χ0n) is 11.2. The molecule has 0 spiro atoms. The third kappa shape index (κ3) is 3.94. The topological polar surface area (TPSA) is 66.4 Å². The number of benzene rings is 1. The van der Waals surface area contributed by atoms with E-state index in [0.29, 0.717) is 16.5 Å². The van der Waals surface area contributed by atoms with Gasteiger partial charge in [0, 0.05) is 12.8 Å². The van der Waals surface area contributed by atoms with Crippen molar-refractivity contribution < 1.29 is 13.5 Å². The monoisotopic (exact) mass is 283 g/mol. The summed E-state index contributed by atoms with van der Waals surface area (Å²) in [5, 5.41) is 12.7. The first kappa shape index (κ1) is 14.3. The minimum Gasteiger partial charge on any atom is -0.393 e. The minimum atomic E-state index is -3.20. The zero-order chi connectivity index (χ0) is 13.9. The van der Waals surface area contributed by atoms with Crippen molar-refractivity contribution in [2.24, 2.45) is 5.92 Å². The molecule has 106 valence electrons. The molecule has 0 aromatic heterocycles. The lowest BCUT2D eigenvalue weighted by Crippen LogP contribution is -2.24. The maximum Gasteiger partial charge on any atom is 0.177 e. The Morgan fingerprint density at radius 2 is 1.84 bits per heavy atom. The van der Waals surface area contributed by atoms with Crippen LogP contribution in [0.5, 0.6) is 0 Å². The van der Waals surface area contributed by atoms with E-state index in [2.05, 4.69) is 5.32 Å². The van der Waals surface area contributed by atoms with E-state index in [1.54, 1.807) is 18.2 Å². The SMILES string of the molecule is CS(=O)(=O)c1ccccc1NCC1CCC(O)CC1. The van der Waals surface area contributed by atoms with Gasteiger partial charge in [0.1, 0.15) is 0 Å². The van der Waals surface area contributed by atoms with Crippen LogP contribution in [0.1, 0.15) is 25.7 Å². The summed E-state index contributed by atoms with van der Waals surface area (Å²) in [5.41, 5.74) is 0.677. The normalized spacial score (nSPS) is 24.1. The van der Waals surface area contributed by atoms with Gasteiger partial charge in [-0.15, -0.1) is 0 Å². The molecule has 1 saturated carbocycles. The second-order valence-electron chi connectivity index (χ2n) is 5.32. The summed E-state index contributed by atoms with van der Waals surface area (Å²) in [6.07, 6.45) is 4.76. The molecular weight excluding hydrogens is 262 g/mol. The van der Waals surface area contributed by atoms with Crippen molar-refractivity contribution in [3.05, 3.63) is 24.3 Å². The number of sulfone groups is 1. The third-order valence-electron chi connectivity index (χ3n) is 3.68. The van der Waals surface area contributed by atoms with Gasteiger partial charge in [0.15, 0.2) is 9.84 Å². The Morgan fingerprint density at radius 3 is 2.47 bits per heavy atom. The van der Waals surface area contributed by atoms with Crippen molar-refractivity contribution in [1.29, 1.82) is 0 Å². The summed E-state index contributed by atoms with van der Waals surface area (Å²) < 4.78 is 23.3. The van der Waals surface area contributed by atoms with Crippen LogP contribution in [0.3, 0.4) is 0 Å². The van der Waals surface area contributed by atoms with Crippen LogP contribution in [0.2, 0.25) is 0 Å². The molecule has 0 heterocycles. The number of anilines is 1. The fourth-order valence-corrected chi connectivity index (χ4v) is 3.40. The highest BCUT2D eigenvalue weighted by atomic mass is 32.2. The van der Waals surface area contributed by atoms with E-state index in [9.17, 15) is 13.5 Å². The van der Waals surface area contributed by atoms with Gasteiger partial charge in [-0.1, -0.05) is 12.1 Å². The summed E-state index contributed by atoms with van der Waals surface area (Å²) >= 11 is 0. The molecule has 1 aromatic carbocycles. The Labute approximate surface area is 114 Å². The summed E-state index contributed by atoms with van der Waals surface area (Å²) in [4.78, 5) is 0.353. The number of aliphatic hydroxyl groups is 1. The molecule has 0 bridgehead atoms. The lowest BCUT2D eigenvalue weighted by atomic mass is 9.87. The Morgan fingerprint density at radius 1 is 1.21 bits per heavy atom. The molecule has 0 atom stereocenters. The van der Waals surface area contributed by atoms with Gasteiger partial charge in [-0.25, -0.2) is 8.42 Å². The largest absolute Gasteiger partial charge is 0.393 e. The van der Waals surface area contributed by atoms with Crippen LogP contribution >= 0.6 is 0 Å². The van der Waals surface area contributed by atoms with Gasteiger partial charge < -0.3 is 10.4 Å². The van der Waals surface area contributed by atoms with Crippen LogP contribution in [0.25, 0.3) is 0 Å². The zero-order valence-corrected chi connectivity index (χ0v) is 12.0. The quantitative estimate of drug-likeness (QED) is 0.887. The highest BCUT2D eigenvalue weighted by Crippen LogP contribution is 2.26. The van der Waals surface area contributed by atoms with Crippen molar-refractivity contribution in [2.45, 2.75) is 36.7 Å². The number of rotatable bonds is 4. The predicted molar refractivity (Wildman–Crippen MR) is 76.0 cm³/mol. The van der Waals surface area contributed by atoms with Crippen molar-refractivity contribution >= 4 is 15.5 Å². The number of hydrogen-bond donors (Lipinski definition) is 2. The Balaban J connectivity index is 2.00. The number of aliphatic hydroxyl groups excluding tert-OH is 1. The Kier molecular flexibility index (Phi) is 4.47. The Hall–Kier alpha value is -1.07. The van der Waals surface area contributed by atoms with Crippen LogP contribution in [0, 0.1) is 5.92 Å². The first-order chi connectivity index (χ1) is 8.97. The molecule has 1 aliphatic carbocycles. The van der Waals surface area contributed by atoms with Crippen molar-refractivity contribution in [2.75, 3.05) is 18.1 Å². The maximum absolute atomic E-state index is 11.7. The Bertz CT molecular complexity index is 519. The van der Waals surface area contributed by atoms with E-state index < -0.39 is 9.84 Å². The van der Waals surface area contributed by atoms with Gasteiger partial charge in [-0.3, -0.25) is 0 Å². The standard InChI is InChI=1S/C14H21NO3S/c1-19(17,18)14-5-3-2-4-13(14)15-10-11-6-8-12(16)9-7-11/h2-5,11-12,15-16H,6-10H2,1H3. The summed E-state index contributed by atoms with van der Waals surface area (Å²) in [6, 6.07) is 7.00. The molecule has 1 aliphatic rings. The van der Waals surface area contributed by atoms with Gasteiger partial charge in [-0.05, 0) is 43.7 Å². The summed E-state index contributed by atoms with van der Waals surface area (Å²) in [5.74, 6) is 0.510. The van der Waals surface area contributed by atoms with Crippen molar-refractivity contribution in [1.82, 2.24) is 0 Å². The molecule has 2 rings (SSSR count). The van der Waals surface area contributed by atoms with Gasteiger partial charge in [0.05, 0.1) is 16.7 Å². The average Bonchev–Trinajstić information content (AvgIpc) is 2.37. The minimum absolute atomic E-state index is 0.153. The molecule has 0 unspecified atom stereocenters. The smallest absolute Gasteiger partial charge is 0.177 e. The fraction of sp³-hybridized carbons (Fsp3) is 0.571. The number of nitrogens with one attached hydrogen (secondary N) is 1. The summed E-state index contributed by atoms with van der Waals surface area (Å²) in [7, 11) is -3.20. The summed E-state index contributed by atoms with van der Waals surface area (Å²) in [6.45, 7) is 0.763. The van der Waals surface area contributed by atoms with E-state index in [-0.39, 0.29) is 6.10 Å². The van der Waals surface area contributed by atoms with Gasteiger partial charge in [0.2, 0.25) is 0 Å². The predicted octanol–water partition coefficient (Wildman–Crippen LogP) is 2.05. The van der Waals surface area contributed by atoms with Gasteiger partial charge in [0.25, 0.3) is 0 Å². The van der Waals surface area contributed by atoms with Crippen molar-refractivity contribution in [3.63, 3.8) is 0 Å². The molecular formula is C14H21NO3S. The first-order valence-electron chi connectivity index (χ1n) is 6.68. The van der Waals surface area contributed by atoms with Crippen molar-refractivity contribution in [3.8, 4) is 0 Å². The lowest BCUT2D eigenvalue weighted by molar-refractivity contribution is 0.111. The first-order valence-corrected chi connectivity index (χ1v) is 8.57. The van der Waals surface area contributed by atoms with Gasteiger partial charge in [-0.2, -0.15) is 0 Å². The molecule has 0 amide bonds. The van der Waals surface area contributed by atoms with Crippen LogP contribution in [-0.4, -0.2) is 32.4 Å². The molecule has 4 nitrogen and oxygen atoms in total.